The molecule has 0 radical (unpaired) electrons. The van der Waals surface area contributed by atoms with Crippen molar-refractivity contribution < 1.29 is 14.7 Å². The summed E-state index contributed by atoms with van der Waals surface area (Å²) in [5.41, 5.74) is -0.143. The van der Waals surface area contributed by atoms with Crippen LogP contribution in [-0.2, 0) is 11.3 Å². The van der Waals surface area contributed by atoms with Crippen LogP contribution >= 0.6 is 0 Å². The van der Waals surface area contributed by atoms with Crippen LogP contribution in [0, 0.1) is 0 Å². The Kier molecular flexibility index (Phi) is 4.45. The minimum absolute atomic E-state index is 0.0413. The third-order valence-corrected chi connectivity index (χ3v) is 2.75. The van der Waals surface area contributed by atoms with Gasteiger partial charge in [0.05, 0.1) is 5.56 Å². The molecule has 7 nitrogen and oxygen atoms in total. The van der Waals surface area contributed by atoms with Crippen LogP contribution in [0.25, 0.3) is 0 Å². The van der Waals surface area contributed by atoms with E-state index in [-0.39, 0.29) is 35.8 Å². The maximum absolute atomic E-state index is 11.8. The lowest BCUT2D eigenvalue weighted by atomic mass is 10.2. The molecule has 108 valence electrons. The van der Waals surface area contributed by atoms with Gasteiger partial charge in [0.1, 0.15) is 5.82 Å². The van der Waals surface area contributed by atoms with Crippen molar-refractivity contribution in [2.24, 2.45) is 0 Å². The number of amides is 1. The van der Waals surface area contributed by atoms with Crippen LogP contribution in [0.1, 0.15) is 16.8 Å². The smallest absolute Gasteiger partial charge is 0.335 e. The number of carbonyl (C=O) groups excluding carboxylic acids is 1. The molecule has 2 aromatic rings. The van der Waals surface area contributed by atoms with E-state index in [2.05, 4.69) is 10.3 Å². The summed E-state index contributed by atoms with van der Waals surface area (Å²) in [5, 5.41) is 11.3. The lowest BCUT2D eigenvalue weighted by Crippen LogP contribution is -2.22. The fraction of sp³-hybridized carbons (Fsp3) is 0.143. The average Bonchev–Trinajstić information content (AvgIpc) is 2.46. The second kappa shape index (κ2) is 6.47. The summed E-state index contributed by atoms with van der Waals surface area (Å²) < 4.78 is 1.42. The third-order valence-electron chi connectivity index (χ3n) is 2.75. The molecule has 0 saturated carbocycles. The van der Waals surface area contributed by atoms with Gasteiger partial charge in [0, 0.05) is 31.4 Å². The highest BCUT2D eigenvalue weighted by molar-refractivity contribution is 5.92. The van der Waals surface area contributed by atoms with Crippen LogP contribution in [0.5, 0.6) is 0 Å². The maximum atomic E-state index is 11.8. The van der Waals surface area contributed by atoms with Crippen LogP contribution < -0.4 is 10.9 Å². The number of rotatable bonds is 5. The molecule has 0 atom stereocenters. The number of carboxylic acids is 1. The van der Waals surface area contributed by atoms with Gasteiger partial charge >= 0.3 is 5.97 Å². The van der Waals surface area contributed by atoms with Crippen molar-refractivity contribution in [3.63, 3.8) is 0 Å². The van der Waals surface area contributed by atoms with Gasteiger partial charge in [-0.25, -0.2) is 9.78 Å². The normalized spacial score (nSPS) is 10.1. The summed E-state index contributed by atoms with van der Waals surface area (Å²) in [6.45, 7) is 0.240. The van der Waals surface area contributed by atoms with Gasteiger partial charge in [0.25, 0.3) is 5.56 Å². The van der Waals surface area contributed by atoms with Gasteiger partial charge in [0.15, 0.2) is 0 Å². The number of carboxylic acid groups (broad SMARTS) is 1. The maximum Gasteiger partial charge on any atom is 0.335 e. The van der Waals surface area contributed by atoms with Gasteiger partial charge in [-0.05, 0) is 18.2 Å². The Hall–Kier alpha value is -2.96. The predicted molar refractivity (Wildman–Crippen MR) is 75.1 cm³/mol. The Morgan fingerprint density at radius 3 is 2.81 bits per heavy atom. The quantitative estimate of drug-likeness (QED) is 0.853. The largest absolute Gasteiger partial charge is 0.478 e. The van der Waals surface area contributed by atoms with Crippen molar-refractivity contribution in [3.8, 4) is 0 Å². The number of aromatic carboxylic acids is 1. The highest BCUT2D eigenvalue weighted by Crippen LogP contribution is 2.07. The highest BCUT2D eigenvalue weighted by atomic mass is 16.4. The van der Waals surface area contributed by atoms with Crippen LogP contribution in [0.3, 0.4) is 0 Å². The fourth-order valence-electron chi connectivity index (χ4n) is 1.70. The monoisotopic (exact) mass is 287 g/mol. The first-order chi connectivity index (χ1) is 10.1. The van der Waals surface area contributed by atoms with Crippen molar-refractivity contribution in [2.75, 3.05) is 5.32 Å². The zero-order chi connectivity index (χ0) is 15.2. The van der Waals surface area contributed by atoms with Crippen LogP contribution in [0.2, 0.25) is 0 Å². The molecule has 0 aromatic carbocycles. The number of aryl methyl sites for hydroxylation is 1. The lowest BCUT2D eigenvalue weighted by Gasteiger charge is -2.06. The Morgan fingerprint density at radius 2 is 2.10 bits per heavy atom. The third kappa shape index (κ3) is 4.00. The number of nitrogens with zero attached hydrogens (tertiary/aromatic N) is 2. The summed E-state index contributed by atoms with van der Waals surface area (Å²) >= 11 is 0. The zero-order valence-electron chi connectivity index (χ0n) is 11.0. The van der Waals surface area contributed by atoms with Gasteiger partial charge in [-0.2, -0.15) is 0 Å². The van der Waals surface area contributed by atoms with Crippen molar-refractivity contribution in [2.45, 2.75) is 13.0 Å². The van der Waals surface area contributed by atoms with Gasteiger partial charge in [-0.15, -0.1) is 0 Å². The predicted octanol–water partition coefficient (Wildman–Crippen LogP) is 0.970. The standard InChI is InChI=1S/C14H13N3O4/c18-12(5-8-17-7-2-1-3-13(17)19)16-11-9-10(14(20)21)4-6-15-11/h1-4,6-7,9H,5,8H2,(H,20,21)(H,15,16,18). The molecule has 2 aromatic heterocycles. The van der Waals surface area contributed by atoms with E-state index in [1.54, 1.807) is 18.3 Å². The molecule has 0 aliphatic rings. The zero-order valence-corrected chi connectivity index (χ0v) is 11.0. The van der Waals surface area contributed by atoms with Gasteiger partial charge in [-0.1, -0.05) is 6.07 Å². The highest BCUT2D eigenvalue weighted by Gasteiger charge is 2.07. The van der Waals surface area contributed by atoms with E-state index in [4.69, 9.17) is 5.11 Å². The molecule has 0 saturated heterocycles. The van der Waals surface area contributed by atoms with Crippen molar-refractivity contribution >= 4 is 17.7 Å². The Bertz CT molecular complexity index is 724. The molecule has 2 heterocycles. The number of pyridine rings is 2. The molecule has 2 rings (SSSR count). The van der Waals surface area contributed by atoms with Crippen LogP contribution in [0.4, 0.5) is 5.82 Å². The van der Waals surface area contributed by atoms with Crippen molar-refractivity contribution in [3.05, 3.63) is 58.6 Å². The first-order valence-electron chi connectivity index (χ1n) is 6.21. The molecule has 0 bridgehead atoms. The first kappa shape index (κ1) is 14.4. The minimum Gasteiger partial charge on any atom is -0.478 e. The lowest BCUT2D eigenvalue weighted by molar-refractivity contribution is -0.116. The molecular formula is C14H13N3O4. The van der Waals surface area contributed by atoms with Gasteiger partial charge in [-0.3, -0.25) is 9.59 Å². The molecule has 0 spiro atoms. The molecule has 2 N–H and O–H groups in total. The van der Waals surface area contributed by atoms with Crippen LogP contribution in [0.15, 0.2) is 47.5 Å². The molecule has 1 amide bonds. The summed E-state index contributed by atoms with van der Waals surface area (Å²) in [5.74, 6) is -1.27. The van der Waals surface area contributed by atoms with Gasteiger partial charge in [0.2, 0.25) is 5.91 Å². The second-order valence-corrected chi connectivity index (χ2v) is 4.27. The Balaban J connectivity index is 1.96. The van der Waals surface area contributed by atoms with E-state index in [1.807, 2.05) is 0 Å². The molecule has 21 heavy (non-hydrogen) atoms. The average molecular weight is 287 g/mol. The summed E-state index contributed by atoms with van der Waals surface area (Å²) in [6, 6.07) is 7.35. The van der Waals surface area contributed by atoms with Crippen LogP contribution in [-0.4, -0.2) is 26.5 Å². The molecular weight excluding hydrogens is 274 g/mol. The minimum atomic E-state index is -1.09. The number of hydrogen-bond donors (Lipinski definition) is 2. The van der Waals surface area contributed by atoms with E-state index in [9.17, 15) is 14.4 Å². The molecule has 0 unspecified atom stereocenters. The van der Waals surface area contributed by atoms with Gasteiger partial charge < -0.3 is 15.0 Å². The SMILES string of the molecule is O=C(CCn1ccccc1=O)Nc1cc(C(=O)O)ccn1. The van der Waals surface area contributed by atoms with Crippen molar-refractivity contribution in [1.29, 1.82) is 0 Å². The Morgan fingerprint density at radius 1 is 1.29 bits per heavy atom. The first-order valence-corrected chi connectivity index (χ1v) is 6.21. The number of nitrogens with one attached hydrogen (secondary N) is 1. The summed E-state index contributed by atoms with van der Waals surface area (Å²) in [6.07, 6.45) is 2.99. The number of anilines is 1. The Labute approximate surface area is 119 Å². The van der Waals surface area contributed by atoms with E-state index in [0.29, 0.717) is 0 Å². The summed E-state index contributed by atoms with van der Waals surface area (Å²) in [7, 11) is 0. The van der Waals surface area contributed by atoms with Crippen molar-refractivity contribution in [1.82, 2.24) is 9.55 Å². The topological polar surface area (TPSA) is 101 Å². The number of aromatic nitrogens is 2. The fourth-order valence-corrected chi connectivity index (χ4v) is 1.70. The second-order valence-electron chi connectivity index (χ2n) is 4.27. The molecule has 0 aliphatic heterocycles. The van der Waals surface area contributed by atoms with E-state index in [0.717, 1.165) is 0 Å². The molecule has 7 heteroatoms. The van der Waals surface area contributed by atoms with E-state index >= 15 is 0 Å². The van der Waals surface area contributed by atoms with E-state index < -0.39 is 5.97 Å². The van der Waals surface area contributed by atoms with E-state index in [1.165, 1.54) is 29.0 Å². The number of carbonyl (C=O) groups is 2. The molecule has 0 aliphatic carbocycles. The summed E-state index contributed by atoms with van der Waals surface area (Å²) in [4.78, 5) is 37.9. The molecule has 0 fully saturated rings. The number of hydrogen-bond acceptors (Lipinski definition) is 4.